The van der Waals surface area contributed by atoms with Gasteiger partial charge in [0.05, 0.1) is 6.61 Å². The lowest BCUT2D eigenvalue weighted by Gasteiger charge is -2.25. The lowest BCUT2D eigenvalue weighted by Crippen LogP contribution is -2.44. The molecule has 4 nitrogen and oxygen atoms in total. The molecule has 1 rings (SSSR count). The van der Waals surface area contributed by atoms with Crippen molar-refractivity contribution < 1.29 is 4.74 Å². The number of ether oxygens (including phenoxy) is 1. The fourth-order valence-electron chi connectivity index (χ4n) is 2.58. The Morgan fingerprint density at radius 2 is 2.00 bits per heavy atom. The van der Waals surface area contributed by atoms with Gasteiger partial charge in [0.1, 0.15) is 0 Å². The van der Waals surface area contributed by atoms with E-state index in [1.807, 2.05) is 0 Å². The summed E-state index contributed by atoms with van der Waals surface area (Å²) in [5, 5.41) is 6.68. The van der Waals surface area contributed by atoms with Gasteiger partial charge in [-0.3, -0.25) is 4.99 Å². The summed E-state index contributed by atoms with van der Waals surface area (Å²) < 4.78 is 5.14. The van der Waals surface area contributed by atoms with Crippen LogP contribution in [0, 0.1) is 11.8 Å². The van der Waals surface area contributed by atoms with Crippen molar-refractivity contribution in [3.8, 4) is 0 Å². The lowest BCUT2D eigenvalue weighted by atomic mass is 9.83. The number of nitrogens with zero attached hydrogens (tertiary/aromatic N) is 1. The molecular weight excluding hydrogens is 238 g/mol. The quantitative estimate of drug-likeness (QED) is 0.575. The van der Waals surface area contributed by atoms with Crippen LogP contribution in [0.15, 0.2) is 4.99 Å². The van der Waals surface area contributed by atoms with Crippen LogP contribution in [0.25, 0.3) is 0 Å². The summed E-state index contributed by atoms with van der Waals surface area (Å²) >= 11 is 0. The molecule has 19 heavy (non-hydrogen) atoms. The lowest BCUT2D eigenvalue weighted by molar-refractivity contribution is 0.179. The molecule has 4 heteroatoms. The van der Waals surface area contributed by atoms with Gasteiger partial charge in [0.15, 0.2) is 5.96 Å². The summed E-state index contributed by atoms with van der Waals surface area (Å²) in [5.74, 6) is 2.60. The van der Waals surface area contributed by atoms with Crippen molar-refractivity contribution in [3.05, 3.63) is 0 Å². The number of rotatable bonds is 6. The second-order valence-electron chi connectivity index (χ2n) is 5.85. The van der Waals surface area contributed by atoms with Crippen LogP contribution in [0.1, 0.15) is 46.5 Å². The standard InChI is InChI=1S/C15H31N3O/c1-5-16-15(18-13(3)11-19-4)17-10-14-8-6-12(2)7-9-14/h12-14H,5-11H2,1-4H3,(H2,16,17,18). The van der Waals surface area contributed by atoms with Crippen LogP contribution in [0.3, 0.4) is 0 Å². The predicted molar refractivity (Wildman–Crippen MR) is 81.6 cm³/mol. The van der Waals surface area contributed by atoms with Crippen LogP contribution >= 0.6 is 0 Å². The first-order valence-corrected chi connectivity index (χ1v) is 7.69. The van der Waals surface area contributed by atoms with Gasteiger partial charge in [-0.2, -0.15) is 0 Å². The Balaban J connectivity index is 2.39. The molecule has 0 aromatic rings. The molecule has 0 aromatic carbocycles. The molecule has 1 aliphatic rings. The Morgan fingerprint density at radius 3 is 2.58 bits per heavy atom. The van der Waals surface area contributed by atoms with Gasteiger partial charge in [-0.05, 0) is 38.5 Å². The van der Waals surface area contributed by atoms with Crippen LogP contribution in [-0.2, 0) is 4.74 Å². The maximum absolute atomic E-state index is 5.14. The fourth-order valence-corrected chi connectivity index (χ4v) is 2.58. The SMILES string of the molecule is CCNC(=NCC1CCC(C)CC1)NC(C)COC. The maximum atomic E-state index is 5.14. The third-order valence-corrected chi connectivity index (χ3v) is 3.79. The number of hydrogen-bond acceptors (Lipinski definition) is 2. The molecule has 0 spiro atoms. The fraction of sp³-hybridized carbons (Fsp3) is 0.933. The number of aliphatic imine (C=N–C) groups is 1. The molecule has 0 saturated heterocycles. The number of nitrogens with one attached hydrogen (secondary N) is 2. The summed E-state index contributed by atoms with van der Waals surface area (Å²) in [6.07, 6.45) is 5.39. The van der Waals surface area contributed by atoms with Crippen molar-refractivity contribution in [2.24, 2.45) is 16.8 Å². The topological polar surface area (TPSA) is 45.7 Å². The number of methoxy groups -OCH3 is 1. The van der Waals surface area contributed by atoms with Gasteiger partial charge in [-0.25, -0.2) is 0 Å². The second-order valence-corrected chi connectivity index (χ2v) is 5.85. The average Bonchev–Trinajstić information content (AvgIpc) is 2.38. The molecular formula is C15H31N3O. The first-order valence-electron chi connectivity index (χ1n) is 7.69. The molecule has 1 saturated carbocycles. The zero-order valence-electron chi connectivity index (χ0n) is 13.0. The minimum absolute atomic E-state index is 0.286. The van der Waals surface area contributed by atoms with Crippen molar-refractivity contribution in [1.82, 2.24) is 10.6 Å². The molecule has 1 atom stereocenters. The highest BCUT2D eigenvalue weighted by Gasteiger charge is 2.17. The number of hydrogen-bond donors (Lipinski definition) is 2. The highest BCUT2D eigenvalue weighted by Crippen LogP contribution is 2.28. The highest BCUT2D eigenvalue weighted by molar-refractivity contribution is 5.80. The van der Waals surface area contributed by atoms with Gasteiger partial charge in [0, 0.05) is 26.2 Å². The molecule has 0 aliphatic heterocycles. The van der Waals surface area contributed by atoms with Gasteiger partial charge in [0.25, 0.3) is 0 Å². The van der Waals surface area contributed by atoms with Gasteiger partial charge >= 0.3 is 0 Å². The minimum atomic E-state index is 0.286. The van der Waals surface area contributed by atoms with E-state index in [-0.39, 0.29) is 6.04 Å². The largest absolute Gasteiger partial charge is 0.383 e. The zero-order chi connectivity index (χ0) is 14.1. The summed E-state index contributed by atoms with van der Waals surface area (Å²) in [7, 11) is 1.73. The normalized spacial score (nSPS) is 26.0. The van der Waals surface area contributed by atoms with Crippen molar-refractivity contribution in [1.29, 1.82) is 0 Å². The van der Waals surface area contributed by atoms with E-state index < -0.39 is 0 Å². The Kier molecular flexibility index (Phi) is 7.87. The molecule has 0 bridgehead atoms. The summed E-state index contributed by atoms with van der Waals surface area (Å²) in [6.45, 7) is 9.11. The first kappa shape index (κ1) is 16.3. The van der Waals surface area contributed by atoms with E-state index in [9.17, 15) is 0 Å². The van der Waals surface area contributed by atoms with Crippen molar-refractivity contribution in [2.45, 2.75) is 52.5 Å². The molecule has 1 aliphatic carbocycles. The third kappa shape index (κ3) is 6.81. The van der Waals surface area contributed by atoms with Crippen molar-refractivity contribution >= 4 is 5.96 Å². The molecule has 112 valence electrons. The van der Waals surface area contributed by atoms with Crippen LogP contribution in [0.2, 0.25) is 0 Å². The van der Waals surface area contributed by atoms with E-state index in [2.05, 4.69) is 31.4 Å². The molecule has 0 aromatic heterocycles. The zero-order valence-corrected chi connectivity index (χ0v) is 13.0. The number of guanidine groups is 1. The van der Waals surface area contributed by atoms with E-state index in [1.54, 1.807) is 7.11 Å². The van der Waals surface area contributed by atoms with Gasteiger partial charge in [-0.1, -0.05) is 19.8 Å². The summed E-state index contributed by atoms with van der Waals surface area (Å²) in [4.78, 5) is 4.72. The summed E-state index contributed by atoms with van der Waals surface area (Å²) in [5.41, 5.74) is 0. The molecule has 0 amide bonds. The average molecular weight is 269 g/mol. The van der Waals surface area contributed by atoms with E-state index >= 15 is 0 Å². The maximum Gasteiger partial charge on any atom is 0.191 e. The minimum Gasteiger partial charge on any atom is -0.383 e. The van der Waals surface area contributed by atoms with E-state index in [0.29, 0.717) is 6.61 Å². The highest BCUT2D eigenvalue weighted by atomic mass is 16.5. The monoisotopic (exact) mass is 269 g/mol. The summed E-state index contributed by atoms with van der Waals surface area (Å²) in [6, 6.07) is 0.286. The third-order valence-electron chi connectivity index (χ3n) is 3.79. The van der Waals surface area contributed by atoms with E-state index in [1.165, 1.54) is 25.7 Å². The Hall–Kier alpha value is -0.770. The van der Waals surface area contributed by atoms with E-state index in [0.717, 1.165) is 30.9 Å². The molecule has 1 unspecified atom stereocenters. The Morgan fingerprint density at radius 1 is 1.32 bits per heavy atom. The molecule has 0 heterocycles. The van der Waals surface area contributed by atoms with Crippen molar-refractivity contribution in [3.63, 3.8) is 0 Å². The first-order chi connectivity index (χ1) is 9.15. The van der Waals surface area contributed by atoms with E-state index in [4.69, 9.17) is 9.73 Å². The van der Waals surface area contributed by atoms with Gasteiger partial charge in [0.2, 0.25) is 0 Å². The Bertz CT molecular complexity index is 260. The smallest absolute Gasteiger partial charge is 0.191 e. The van der Waals surface area contributed by atoms with Crippen LogP contribution < -0.4 is 10.6 Å². The van der Waals surface area contributed by atoms with Gasteiger partial charge in [-0.15, -0.1) is 0 Å². The van der Waals surface area contributed by atoms with Crippen LogP contribution in [-0.4, -0.2) is 38.8 Å². The molecule has 2 N–H and O–H groups in total. The Labute approximate surface area is 118 Å². The predicted octanol–water partition coefficient (Wildman–Crippen LogP) is 2.40. The van der Waals surface area contributed by atoms with Crippen LogP contribution in [0.4, 0.5) is 0 Å². The molecule has 1 fully saturated rings. The molecule has 0 radical (unpaired) electrons. The van der Waals surface area contributed by atoms with Gasteiger partial charge < -0.3 is 15.4 Å². The van der Waals surface area contributed by atoms with Crippen molar-refractivity contribution in [2.75, 3.05) is 26.8 Å². The second kappa shape index (κ2) is 9.18. The van der Waals surface area contributed by atoms with Crippen LogP contribution in [0.5, 0.6) is 0 Å².